The number of pyridine rings is 1. The zero-order valence-electron chi connectivity index (χ0n) is 11.3. The molecule has 2 aromatic rings. The van der Waals surface area contributed by atoms with E-state index in [1.54, 1.807) is 0 Å². The SMILES string of the molecule is N#Cc1ccc(-c2c(C(=O)O)c(N)[nH]c(=O)c2C(=O)O)cc1Cl. The maximum atomic E-state index is 11.9. The van der Waals surface area contributed by atoms with Crippen LogP contribution in [0.15, 0.2) is 23.0 Å². The summed E-state index contributed by atoms with van der Waals surface area (Å²) in [6.07, 6.45) is 0. The zero-order chi connectivity index (χ0) is 17.3. The number of carbonyl (C=O) groups is 2. The van der Waals surface area contributed by atoms with Crippen molar-refractivity contribution >= 4 is 29.4 Å². The lowest BCUT2D eigenvalue weighted by atomic mass is 9.95. The average Bonchev–Trinajstić information content (AvgIpc) is 2.45. The number of nitrogens with one attached hydrogen (secondary N) is 1. The Morgan fingerprint density at radius 3 is 2.30 bits per heavy atom. The number of aromatic amines is 1. The number of halogens is 1. The highest BCUT2D eigenvalue weighted by atomic mass is 35.5. The largest absolute Gasteiger partial charge is 0.478 e. The third-order valence-corrected chi connectivity index (χ3v) is 3.36. The summed E-state index contributed by atoms with van der Waals surface area (Å²) in [5.74, 6) is -3.62. The van der Waals surface area contributed by atoms with Crippen LogP contribution >= 0.6 is 11.6 Å². The first-order valence-corrected chi connectivity index (χ1v) is 6.38. The van der Waals surface area contributed by atoms with E-state index in [4.69, 9.17) is 22.6 Å². The molecule has 116 valence electrons. The fourth-order valence-electron chi connectivity index (χ4n) is 2.10. The molecule has 1 heterocycles. The molecular weight excluding hydrogens is 326 g/mol. The number of H-pyrrole nitrogens is 1. The van der Waals surface area contributed by atoms with Crippen LogP contribution < -0.4 is 11.3 Å². The number of carboxylic acid groups (broad SMARTS) is 2. The van der Waals surface area contributed by atoms with Crippen LogP contribution in [0.2, 0.25) is 5.02 Å². The molecule has 0 atom stereocenters. The van der Waals surface area contributed by atoms with E-state index in [1.807, 2.05) is 11.1 Å². The Morgan fingerprint density at radius 2 is 1.83 bits per heavy atom. The normalized spacial score (nSPS) is 10.1. The number of hydrogen-bond donors (Lipinski definition) is 4. The van der Waals surface area contributed by atoms with Gasteiger partial charge in [0, 0.05) is 5.56 Å². The number of hydrogen-bond acceptors (Lipinski definition) is 5. The summed E-state index contributed by atoms with van der Waals surface area (Å²) in [5.41, 5.74) is 2.89. The summed E-state index contributed by atoms with van der Waals surface area (Å²) in [4.78, 5) is 36.7. The first-order valence-electron chi connectivity index (χ1n) is 6.00. The number of nitrogens with two attached hydrogens (primary N) is 1. The molecule has 1 aromatic heterocycles. The quantitative estimate of drug-likeness (QED) is 0.663. The molecule has 0 aliphatic heterocycles. The number of rotatable bonds is 3. The number of aromatic nitrogens is 1. The van der Waals surface area contributed by atoms with Gasteiger partial charge in [0.1, 0.15) is 23.0 Å². The van der Waals surface area contributed by atoms with E-state index in [9.17, 15) is 24.6 Å². The Kier molecular flexibility index (Phi) is 4.07. The van der Waals surface area contributed by atoms with Gasteiger partial charge in [-0.2, -0.15) is 5.26 Å². The Morgan fingerprint density at radius 1 is 1.22 bits per heavy atom. The van der Waals surface area contributed by atoms with Crippen molar-refractivity contribution in [2.75, 3.05) is 5.73 Å². The number of nitriles is 1. The smallest absolute Gasteiger partial charge is 0.342 e. The van der Waals surface area contributed by atoms with Gasteiger partial charge in [-0.3, -0.25) is 4.79 Å². The Labute approximate surface area is 133 Å². The van der Waals surface area contributed by atoms with Crippen LogP contribution in [-0.2, 0) is 0 Å². The Balaban J connectivity index is 2.97. The van der Waals surface area contributed by atoms with E-state index in [-0.39, 0.29) is 21.7 Å². The number of aromatic carboxylic acids is 2. The van der Waals surface area contributed by atoms with E-state index in [0.717, 1.165) is 0 Å². The molecule has 0 unspecified atom stereocenters. The molecule has 0 radical (unpaired) electrons. The summed E-state index contributed by atoms with van der Waals surface area (Å²) in [6, 6.07) is 5.59. The molecule has 1 aromatic carbocycles. The Bertz CT molecular complexity index is 943. The van der Waals surface area contributed by atoms with E-state index >= 15 is 0 Å². The molecule has 0 saturated carbocycles. The molecule has 5 N–H and O–H groups in total. The molecule has 2 rings (SSSR count). The molecule has 8 nitrogen and oxygen atoms in total. The summed E-state index contributed by atoms with van der Waals surface area (Å²) in [6.45, 7) is 0. The van der Waals surface area contributed by atoms with Gasteiger partial charge in [0.2, 0.25) is 0 Å². The molecule has 0 spiro atoms. The summed E-state index contributed by atoms with van der Waals surface area (Å²) in [7, 11) is 0. The monoisotopic (exact) mass is 333 g/mol. The third-order valence-electron chi connectivity index (χ3n) is 3.05. The van der Waals surface area contributed by atoms with Crippen LogP contribution in [0.1, 0.15) is 26.3 Å². The van der Waals surface area contributed by atoms with Crippen LogP contribution in [0.25, 0.3) is 11.1 Å². The molecule has 0 aliphatic rings. The topological polar surface area (TPSA) is 157 Å². The van der Waals surface area contributed by atoms with Gasteiger partial charge < -0.3 is 20.9 Å². The number of nitrogens with zero attached hydrogens (tertiary/aromatic N) is 1. The van der Waals surface area contributed by atoms with Crippen molar-refractivity contribution in [1.29, 1.82) is 5.26 Å². The van der Waals surface area contributed by atoms with Crippen molar-refractivity contribution in [3.05, 3.63) is 50.3 Å². The van der Waals surface area contributed by atoms with Crippen LogP contribution in [0, 0.1) is 11.3 Å². The van der Waals surface area contributed by atoms with Gasteiger partial charge in [0.05, 0.1) is 10.6 Å². The van der Waals surface area contributed by atoms with Crippen LogP contribution in [0.3, 0.4) is 0 Å². The zero-order valence-corrected chi connectivity index (χ0v) is 12.0. The molecule has 0 bridgehead atoms. The maximum absolute atomic E-state index is 11.9. The number of anilines is 1. The van der Waals surface area contributed by atoms with Gasteiger partial charge in [-0.1, -0.05) is 17.7 Å². The first-order chi connectivity index (χ1) is 10.8. The summed E-state index contributed by atoms with van der Waals surface area (Å²) < 4.78 is 0. The maximum Gasteiger partial charge on any atom is 0.342 e. The lowest BCUT2D eigenvalue weighted by Gasteiger charge is -2.12. The summed E-state index contributed by atoms with van der Waals surface area (Å²) >= 11 is 5.89. The van der Waals surface area contributed by atoms with Crippen LogP contribution in [0.5, 0.6) is 0 Å². The van der Waals surface area contributed by atoms with E-state index < -0.39 is 34.4 Å². The average molecular weight is 334 g/mol. The number of nitrogen functional groups attached to an aromatic ring is 1. The second-order valence-corrected chi connectivity index (χ2v) is 4.82. The fourth-order valence-corrected chi connectivity index (χ4v) is 2.32. The van der Waals surface area contributed by atoms with Gasteiger partial charge in [-0.25, -0.2) is 9.59 Å². The number of benzene rings is 1. The Hall–Kier alpha value is -3.31. The van der Waals surface area contributed by atoms with Gasteiger partial charge in [-0.05, 0) is 17.7 Å². The van der Waals surface area contributed by atoms with Gasteiger partial charge in [-0.15, -0.1) is 0 Å². The van der Waals surface area contributed by atoms with Gasteiger partial charge in [0.25, 0.3) is 5.56 Å². The van der Waals surface area contributed by atoms with E-state index in [0.29, 0.717) is 0 Å². The molecule has 9 heteroatoms. The highest BCUT2D eigenvalue weighted by Gasteiger charge is 2.26. The molecular formula is C14H8ClN3O5. The van der Waals surface area contributed by atoms with Crippen molar-refractivity contribution in [3.63, 3.8) is 0 Å². The third kappa shape index (κ3) is 2.73. The lowest BCUT2D eigenvalue weighted by Crippen LogP contribution is -2.24. The first kappa shape index (κ1) is 16.1. The van der Waals surface area contributed by atoms with Crippen molar-refractivity contribution in [3.8, 4) is 17.2 Å². The highest BCUT2D eigenvalue weighted by molar-refractivity contribution is 6.32. The minimum absolute atomic E-state index is 0.0171. The minimum Gasteiger partial charge on any atom is -0.478 e. The second kappa shape index (κ2) is 5.82. The number of carboxylic acids is 2. The van der Waals surface area contributed by atoms with Crippen molar-refractivity contribution in [2.24, 2.45) is 0 Å². The molecule has 0 aliphatic carbocycles. The van der Waals surface area contributed by atoms with E-state index in [1.165, 1.54) is 18.2 Å². The van der Waals surface area contributed by atoms with E-state index in [2.05, 4.69) is 0 Å². The predicted octanol–water partition coefficient (Wildman–Crippen LogP) is 1.55. The lowest BCUT2D eigenvalue weighted by molar-refractivity contribution is 0.0695. The predicted molar refractivity (Wildman–Crippen MR) is 80.6 cm³/mol. The fraction of sp³-hybridized carbons (Fsp3) is 0. The molecule has 0 saturated heterocycles. The molecule has 0 amide bonds. The summed E-state index contributed by atoms with van der Waals surface area (Å²) in [5, 5.41) is 27.4. The standard InChI is InChI=1S/C14H8ClN3O5/c15-7-3-5(1-2-6(7)4-16)8-9(13(20)21)11(17)18-12(19)10(8)14(22)23/h1-3H,(H,20,21)(H,22,23)(H3,17,18,19). The molecule has 23 heavy (non-hydrogen) atoms. The van der Waals surface area contributed by atoms with Crippen molar-refractivity contribution < 1.29 is 19.8 Å². The second-order valence-electron chi connectivity index (χ2n) is 4.41. The highest BCUT2D eigenvalue weighted by Crippen LogP contribution is 2.31. The molecule has 0 fully saturated rings. The van der Waals surface area contributed by atoms with Gasteiger partial charge >= 0.3 is 11.9 Å². The van der Waals surface area contributed by atoms with Crippen LogP contribution in [-0.4, -0.2) is 27.1 Å². The van der Waals surface area contributed by atoms with Crippen molar-refractivity contribution in [2.45, 2.75) is 0 Å². The van der Waals surface area contributed by atoms with Gasteiger partial charge in [0.15, 0.2) is 0 Å². The van der Waals surface area contributed by atoms with Crippen molar-refractivity contribution in [1.82, 2.24) is 4.98 Å². The van der Waals surface area contributed by atoms with Crippen LogP contribution in [0.4, 0.5) is 5.82 Å². The minimum atomic E-state index is -1.62.